The number of amides is 1. The number of rotatable bonds is 7. The minimum absolute atomic E-state index is 0.103. The van der Waals surface area contributed by atoms with Crippen molar-refractivity contribution in [2.75, 3.05) is 20.6 Å². The topological polar surface area (TPSA) is 105 Å². The summed E-state index contributed by atoms with van der Waals surface area (Å²) in [6, 6.07) is 0. The normalized spacial score (nSPS) is 11.4. The van der Waals surface area contributed by atoms with Crippen molar-refractivity contribution in [2.24, 2.45) is 7.05 Å². The summed E-state index contributed by atoms with van der Waals surface area (Å²) in [4.78, 5) is 44.3. The van der Waals surface area contributed by atoms with Crippen molar-refractivity contribution in [3.8, 4) is 0 Å². The Labute approximate surface area is 139 Å². The summed E-state index contributed by atoms with van der Waals surface area (Å²) < 4.78 is 3.18. The molecule has 0 aliphatic heterocycles. The first kappa shape index (κ1) is 17.9. The van der Waals surface area contributed by atoms with Crippen molar-refractivity contribution in [1.82, 2.24) is 29.3 Å². The molecule has 0 bridgehead atoms. The van der Waals surface area contributed by atoms with Crippen LogP contribution < -0.4 is 16.6 Å². The number of nitrogens with zero attached hydrogens (tertiary/aromatic N) is 4. The number of unbranched alkanes of at least 4 members (excludes halogenated alkanes) is 1. The summed E-state index contributed by atoms with van der Waals surface area (Å²) in [7, 11) is 5.11. The SMILES string of the molecule is CCCCn1c(=O)[nH]c(=O)c2c1nc(CN(C)CC(=O)NC)n2C. The molecule has 2 heterocycles. The summed E-state index contributed by atoms with van der Waals surface area (Å²) >= 11 is 0. The van der Waals surface area contributed by atoms with Crippen LogP contribution in [0.2, 0.25) is 0 Å². The second-order valence-electron chi connectivity index (χ2n) is 5.87. The van der Waals surface area contributed by atoms with E-state index in [4.69, 9.17) is 0 Å². The predicted molar refractivity (Wildman–Crippen MR) is 90.9 cm³/mol. The predicted octanol–water partition coefficient (Wildman–Crippen LogP) is -0.599. The first-order chi connectivity index (χ1) is 11.4. The fourth-order valence-corrected chi connectivity index (χ4v) is 2.58. The average molecular weight is 336 g/mol. The summed E-state index contributed by atoms with van der Waals surface area (Å²) in [6.07, 6.45) is 1.76. The van der Waals surface area contributed by atoms with Crippen molar-refractivity contribution in [3.63, 3.8) is 0 Å². The van der Waals surface area contributed by atoms with Crippen LogP contribution in [0.25, 0.3) is 11.2 Å². The van der Waals surface area contributed by atoms with Crippen molar-refractivity contribution < 1.29 is 4.79 Å². The number of likely N-dealkylation sites (N-methyl/N-ethyl adjacent to an activating group) is 2. The Hall–Kier alpha value is -2.42. The molecule has 0 atom stereocenters. The number of nitrogens with one attached hydrogen (secondary N) is 2. The van der Waals surface area contributed by atoms with E-state index in [9.17, 15) is 14.4 Å². The summed E-state index contributed by atoms with van der Waals surface area (Å²) in [5.74, 6) is 0.520. The van der Waals surface area contributed by atoms with Crippen molar-refractivity contribution in [1.29, 1.82) is 0 Å². The number of aromatic amines is 1. The van der Waals surface area contributed by atoms with Crippen molar-refractivity contribution >= 4 is 17.1 Å². The molecule has 132 valence electrons. The quantitative estimate of drug-likeness (QED) is 0.702. The van der Waals surface area contributed by atoms with Gasteiger partial charge in [-0.25, -0.2) is 9.78 Å². The van der Waals surface area contributed by atoms with Crippen molar-refractivity contribution in [3.05, 3.63) is 26.7 Å². The van der Waals surface area contributed by atoms with Gasteiger partial charge in [0.1, 0.15) is 5.82 Å². The van der Waals surface area contributed by atoms with Gasteiger partial charge in [0.25, 0.3) is 5.56 Å². The van der Waals surface area contributed by atoms with Crippen LogP contribution in [-0.2, 0) is 24.9 Å². The van der Waals surface area contributed by atoms with Gasteiger partial charge in [-0.1, -0.05) is 13.3 Å². The van der Waals surface area contributed by atoms with Gasteiger partial charge in [0.2, 0.25) is 5.91 Å². The van der Waals surface area contributed by atoms with Crippen LogP contribution in [-0.4, -0.2) is 50.5 Å². The molecule has 0 aliphatic carbocycles. The molecular formula is C15H24N6O3. The first-order valence-electron chi connectivity index (χ1n) is 7.96. The third kappa shape index (κ3) is 3.56. The maximum atomic E-state index is 12.2. The number of aryl methyl sites for hydroxylation is 2. The van der Waals surface area contributed by atoms with Crippen LogP contribution in [0.15, 0.2) is 9.59 Å². The highest BCUT2D eigenvalue weighted by atomic mass is 16.2. The van der Waals surface area contributed by atoms with Crippen molar-refractivity contribution in [2.45, 2.75) is 32.9 Å². The zero-order valence-corrected chi connectivity index (χ0v) is 14.5. The number of aromatic nitrogens is 4. The average Bonchev–Trinajstić information content (AvgIpc) is 2.84. The lowest BCUT2D eigenvalue weighted by molar-refractivity contribution is -0.121. The van der Waals surface area contributed by atoms with Gasteiger partial charge in [0.15, 0.2) is 11.2 Å². The van der Waals surface area contributed by atoms with E-state index in [0.29, 0.717) is 30.1 Å². The Morgan fingerprint density at radius 2 is 2.08 bits per heavy atom. The Morgan fingerprint density at radius 1 is 1.38 bits per heavy atom. The Kier molecular flexibility index (Phi) is 5.55. The molecule has 0 unspecified atom stereocenters. The van der Waals surface area contributed by atoms with Gasteiger partial charge in [-0.3, -0.25) is 24.0 Å². The van der Waals surface area contributed by atoms with Gasteiger partial charge < -0.3 is 9.88 Å². The van der Waals surface area contributed by atoms with E-state index in [2.05, 4.69) is 15.3 Å². The number of hydrogen-bond acceptors (Lipinski definition) is 5. The van der Waals surface area contributed by atoms with E-state index in [1.807, 2.05) is 6.92 Å². The number of carbonyl (C=O) groups is 1. The van der Waals surface area contributed by atoms with E-state index in [0.717, 1.165) is 12.8 Å². The molecular weight excluding hydrogens is 312 g/mol. The molecule has 2 N–H and O–H groups in total. The molecule has 2 rings (SSSR count). The van der Waals surface area contributed by atoms with E-state index in [-0.39, 0.29) is 12.5 Å². The standard InChI is InChI=1S/C15H24N6O3/c1-5-6-7-21-13-12(14(23)18-15(21)24)20(4)10(17-13)8-19(3)9-11(22)16-2/h5-9H2,1-4H3,(H,16,22)(H,18,23,24). The largest absolute Gasteiger partial charge is 0.358 e. The molecule has 0 aliphatic rings. The number of carbonyl (C=O) groups excluding carboxylic acids is 1. The third-order valence-corrected chi connectivity index (χ3v) is 3.94. The lowest BCUT2D eigenvalue weighted by atomic mass is 10.3. The minimum atomic E-state index is -0.446. The maximum Gasteiger partial charge on any atom is 0.330 e. The smallest absolute Gasteiger partial charge is 0.330 e. The number of hydrogen-bond donors (Lipinski definition) is 2. The van der Waals surface area contributed by atoms with Crippen LogP contribution >= 0.6 is 0 Å². The summed E-state index contributed by atoms with van der Waals surface area (Å²) in [5, 5.41) is 2.56. The van der Waals surface area contributed by atoms with Gasteiger partial charge in [-0.2, -0.15) is 0 Å². The number of imidazole rings is 1. The summed E-state index contributed by atoms with van der Waals surface area (Å²) in [5.41, 5.74) is -0.126. The van der Waals surface area contributed by atoms with E-state index >= 15 is 0 Å². The van der Waals surface area contributed by atoms with Crippen LogP contribution in [0.4, 0.5) is 0 Å². The van der Waals surface area contributed by atoms with E-state index < -0.39 is 11.2 Å². The minimum Gasteiger partial charge on any atom is -0.358 e. The zero-order chi connectivity index (χ0) is 17.9. The molecule has 0 saturated carbocycles. The highest BCUT2D eigenvalue weighted by molar-refractivity contribution is 5.77. The van der Waals surface area contributed by atoms with Gasteiger partial charge >= 0.3 is 5.69 Å². The molecule has 24 heavy (non-hydrogen) atoms. The summed E-state index contributed by atoms with van der Waals surface area (Å²) in [6.45, 7) is 3.15. The zero-order valence-electron chi connectivity index (χ0n) is 14.5. The molecule has 0 spiro atoms. The molecule has 0 radical (unpaired) electrons. The second kappa shape index (κ2) is 7.43. The van der Waals surface area contributed by atoms with Crippen LogP contribution in [0.3, 0.4) is 0 Å². The number of fused-ring (bicyclic) bond motifs is 1. The van der Waals surface area contributed by atoms with E-state index in [1.54, 1.807) is 30.6 Å². The van der Waals surface area contributed by atoms with Crippen LogP contribution in [0.5, 0.6) is 0 Å². The molecule has 2 aromatic rings. The molecule has 0 aromatic carbocycles. The molecule has 2 aromatic heterocycles. The Bertz CT molecular complexity index is 847. The highest BCUT2D eigenvalue weighted by Gasteiger charge is 2.17. The lowest BCUT2D eigenvalue weighted by Crippen LogP contribution is -2.33. The van der Waals surface area contributed by atoms with E-state index in [1.165, 1.54) is 4.57 Å². The lowest BCUT2D eigenvalue weighted by Gasteiger charge is -2.14. The fourth-order valence-electron chi connectivity index (χ4n) is 2.58. The molecule has 0 fully saturated rings. The van der Waals surface area contributed by atoms with Gasteiger partial charge in [0.05, 0.1) is 13.1 Å². The van der Waals surface area contributed by atoms with Gasteiger partial charge in [-0.15, -0.1) is 0 Å². The third-order valence-electron chi connectivity index (χ3n) is 3.94. The van der Waals surface area contributed by atoms with Gasteiger partial charge in [-0.05, 0) is 13.5 Å². The molecule has 1 amide bonds. The highest BCUT2D eigenvalue weighted by Crippen LogP contribution is 2.11. The fraction of sp³-hybridized carbons (Fsp3) is 0.600. The maximum absolute atomic E-state index is 12.2. The van der Waals surface area contributed by atoms with Crippen LogP contribution in [0, 0.1) is 0 Å². The van der Waals surface area contributed by atoms with Gasteiger partial charge in [0, 0.05) is 20.6 Å². The molecule has 0 saturated heterocycles. The first-order valence-corrected chi connectivity index (χ1v) is 7.96. The molecule has 9 nitrogen and oxygen atoms in total. The Balaban J connectivity index is 2.45. The molecule has 9 heteroatoms. The monoisotopic (exact) mass is 336 g/mol. The van der Waals surface area contributed by atoms with Crippen LogP contribution in [0.1, 0.15) is 25.6 Å². The Morgan fingerprint density at radius 3 is 2.71 bits per heavy atom. The number of H-pyrrole nitrogens is 1. The second-order valence-corrected chi connectivity index (χ2v) is 5.87.